The number of rotatable bonds is 4. The van der Waals surface area contributed by atoms with Crippen LogP contribution in [-0.4, -0.2) is 54.6 Å². The number of hydrogen-bond acceptors (Lipinski definition) is 5. The van der Waals surface area contributed by atoms with E-state index in [9.17, 15) is 4.79 Å². The van der Waals surface area contributed by atoms with Crippen molar-refractivity contribution in [2.24, 2.45) is 0 Å². The summed E-state index contributed by atoms with van der Waals surface area (Å²) in [6.45, 7) is 4.66. The standard InChI is InChI=1S/C23H30N4O2/c1-16-20-7-5-12-26(2)23(20)25-22(24-16)18-6-4-13-27(15-18)21(28)14-17-8-10-19(29-3)11-9-17/h8-11,18H,4-7,12-15H2,1-3H3. The number of benzene rings is 1. The Hall–Kier alpha value is -2.63. The summed E-state index contributed by atoms with van der Waals surface area (Å²) in [5, 5.41) is 0. The van der Waals surface area contributed by atoms with Crippen LogP contribution < -0.4 is 9.64 Å². The van der Waals surface area contributed by atoms with E-state index in [4.69, 9.17) is 14.7 Å². The fourth-order valence-corrected chi connectivity index (χ4v) is 4.44. The van der Waals surface area contributed by atoms with Gasteiger partial charge < -0.3 is 14.5 Å². The molecule has 1 amide bonds. The largest absolute Gasteiger partial charge is 0.497 e. The molecule has 1 fully saturated rings. The lowest BCUT2D eigenvalue weighted by Crippen LogP contribution is -2.40. The van der Waals surface area contributed by atoms with Gasteiger partial charge in [-0.15, -0.1) is 0 Å². The highest BCUT2D eigenvalue weighted by Crippen LogP contribution is 2.31. The summed E-state index contributed by atoms with van der Waals surface area (Å²) < 4.78 is 5.20. The Morgan fingerprint density at radius 2 is 1.97 bits per heavy atom. The van der Waals surface area contributed by atoms with E-state index < -0.39 is 0 Å². The van der Waals surface area contributed by atoms with Gasteiger partial charge in [0.15, 0.2) is 0 Å². The molecule has 0 radical (unpaired) electrons. The van der Waals surface area contributed by atoms with Crippen LogP contribution in [0.3, 0.4) is 0 Å². The molecule has 0 bridgehead atoms. The van der Waals surface area contributed by atoms with Gasteiger partial charge in [-0.25, -0.2) is 9.97 Å². The first-order valence-corrected chi connectivity index (χ1v) is 10.5. The van der Waals surface area contributed by atoms with Crippen molar-refractivity contribution in [3.05, 3.63) is 46.9 Å². The van der Waals surface area contributed by atoms with Gasteiger partial charge in [0.25, 0.3) is 0 Å². The van der Waals surface area contributed by atoms with Gasteiger partial charge in [0.05, 0.1) is 13.5 Å². The normalized spacial score (nSPS) is 19.1. The van der Waals surface area contributed by atoms with Crippen molar-refractivity contribution in [3.8, 4) is 5.75 Å². The zero-order valence-corrected chi connectivity index (χ0v) is 17.6. The van der Waals surface area contributed by atoms with Gasteiger partial charge in [0.1, 0.15) is 17.4 Å². The molecule has 1 atom stereocenters. The molecule has 4 rings (SSSR count). The van der Waals surface area contributed by atoms with Crippen molar-refractivity contribution in [1.82, 2.24) is 14.9 Å². The maximum absolute atomic E-state index is 12.9. The van der Waals surface area contributed by atoms with Gasteiger partial charge in [0, 0.05) is 43.9 Å². The Kier molecular flexibility index (Phi) is 5.69. The fraction of sp³-hybridized carbons (Fsp3) is 0.522. The van der Waals surface area contributed by atoms with E-state index in [2.05, 4.69) is 18.9 Å². The molecular weight excluding hydrogens is 364 g/mol. The molecule has 3 heterocycles. The van der Waals surface area contributed by atoms with E-state index >= 15 is 0 Å². The van der Waals surface area contributed by atoms with Crippen LogP contribution in [0.15, 0.2) is 24.3 Å². The van der Waals surface area contributed by atoms with Gasteiger partial charge in [-0.2, -0.15) is 0 Å². The lowest BCUT2D eigenvalue weighted by molar-refractivity contribution is -0.131. The molecule has 6 nitrogen and oxygen atoms in total. The molecule has 0 aliphatic carbocycles. The molecule has 1 unspecified atom stereocenters. The summed E-state index contributed by atoms with van der Waals surface area (Å²) in [5.74, 6) is 3.18. The smallest absolute Gasteiger partial charge is 0.227 e. The number of hydrogen-bond donors (Lipinski definition) is 0. The topological polar surface area (TPSA) is 58.6 Å². The number of amides is 1. The Morgan fingerprint density at radius 3 is 2.72 bits per heavy atom. The molecule has 0 N–H and O–H groups in total. The van der Waals surface area contributed by atoms with Crippen LogP contribution >= 0.6 is 0 Å². The summed E-state index contributed by atoms with van der Waals surface area (Å²) in [5.41, 5.74) is 3.39. The Bertz CT molecular complexity index is 881. The maximum Gasteiger partial charge on any atom is 0.227 e. The number of likely N-dealkylation sites (tertiary alicyclic amines) is 1. The van der Waals surface area contributed by atoms with Gasteiger partial charge >= 0.3 is 0 Å². The monoisotopic (exact) mass is 394 g/mol. The van der Waals surface area contributed by atoms with Crippen molar-refractivity contribution in [2.45, 2.75) is 44.9 Å². The van der Waals surface area contributed by atoms with Crippen LogP contribution in [0, 0.1) is 6.92 Å². The highest BCUT2D eigenvalue weighted by Gasteiger charge is 2.28. The number of ether oxygens (including phenoxy) is 1. The Morgan fingerprint density at radius 1 is 1.17 bits per heavy atom. The molecule has 2 aliphatic rings. The van der Waals surface area contributed by atoms with E-state index in [1.165, 1.54) is 5.56 Å². The molecule has 6 heteroatoms. The van der Waals surface area contributed by atoms with Gasteiger partial charge in [-0.3, -0.25) is 4.79 Å². The third-order valence-electron chi connectivity index (χ3n) is 6.14. The first-order chi connectivity index (χ1) is 14.0. The van der Waals surface area contributed by atoms with Crippen molar-refractivity contribution in [2.75, 3.05) is 38.7 Å². The summed E-state index contributed by atoms with van der Waals surface area (Å²) in [7, 11) is 3.76. The summed E-state index contributed by atoms with van der Waals surface area (Å²) >= 11 is 0. The predicted molar refractivity (Wildman–Crippen MR) is 114 cm³/mol. The lowest BCUT2D eigenvalue weighted by Gasteiger charge is -2.33. The number of nitrogens with zero attached hydrogens (tertiary/aromatic N) is 4. The minimum atomic E-state index is 0.173. The van der Waals surface area contributed by atoms with Gasteiger partial charge in [-0.1, -0.05) is 12.1 Å². The summed E-state index contributed by atoms with van der Waals surface area (Å²) in [6.07, 6.45) is 4.67. The number of aryl methyl sites for hydroxylation is 1. The zero-order chi connectivity index (χ0) is 20.4. The first-order valence-electron chi connectivity index (χ1n) is 10.5. The van der Waals surface area contributed by atoms with Crippen molar-refractivity contribution < 1.29 is 9.53 Å². The molecular formula is C23H30N4O2. The molecule has 2 aromatic rings. The molecule has 1 aromatic heterocycles. The van der Waals surface area contributed by atoms with E-state index in [0.717, 1.165) is 67.4 Å². The third-order valence-corrected chi connectivity index (χ3v) is 6.14. The van der Waals surface area contributed by atoms with Gasteiger partial charge in [-0.05, 0) is 50.3 Å². The van der Waals surface area contributed by atoms with Gasteiger partial charge in [0.2, 0.25) is 5.91 Å². The van der Waals surface area contributed by atoms with Crippen LogP contribution in [0.2, 0.25) is 0 Å². The average molecular weight is 395 g/mol. The van der Waals surface area contributed by atoms with E-state index in [1.54, 1.807) is 7.11 Å². The van der Waals surface area contributed by atoms with Crippen LogP contribution in [0.1, 0.15) is 47.8 Å². The molecule has 0 saturated carbocycles. The van der Waals surface area contributed by atoms with Crippen molar-refractivity contribution in [3.63, 3.8) is 0 Å². The maximum atomic E-state index is 12.9. The first kappa shape index (κ1) is 19.7. The molecule has 1 saturated heterocycles. The third kappa shape index (κ3) is 4.21. The Labute approximate surface area is 172 Å². The lowest BCUT2D eigenvalue weighted by atomic mass is 9.95. The second-order valence-corrected chi connectivity index (χ2v) is 8.20. The fourth-order valence-electron chi connectivity index (χ4n) is 4.44. The van der Waals surface area contributed by atoms with Crippen LogP contribution in [0.4, 0.5) is 5.82 Å². The van der Waals surface area contributed by atoms with Crippen molar-refractivity contribution in [1.29, 1.82) is 0 Å². The minimum absolute atomic E-state index is 0.173. The number of carbonyl (C=O) groups excluding carboxylic acids is 1. The number of aromatic nitrogens is 2. The van der Waals surface area contributed by atoms with Crippen LogP contribution in [0.25, 0.3) is 0 Å². The minimum Gasteiger partial charge on any atom is -0.497 e. The summed E-state index contributed by atoms with van der Waals surface area (Å²) in [4.78, 5) is 26.9. The quantitative estimate of drug-likeness (QED) is 0.797. The highest BCUT2D eigenvalue weighted by atomic mass is 16.5. The molecule has 154 valence electrons. The SMILES string of the molecule is COc1ccc(CC(=O)N2CCCC(c3nc(C)c4c(n3)N(C)CCC4)C2)cc1. The molecule has 2 aliphatic heterocycles. The number of methoxy groups -OCH3 is 1. The number of carbonyl (C=O) groups is 1. The van der Waals surface area contributed by atoms with E-state index in [0.29, 0.717) is 13.0 Å². The second-order valence-electron chi connectivity index (χ2n) is 8.20. The molecule has 0 spiro atoms. The second kappa shape index (κ2) is 8.39. The Balaban J connectivity index is 1.47. The van der Waals surface area contributed by atoms with Crippen LogP contribution in [-0.2, 0) is 17.6 Å². The molecule has 1 aromatic carbocycles. The summed E-state index contributed by atoms with van der Waals surface area (Å²) in [6, 6.07) is 7.73. The molecule has 29 heavy (non-hydrogen) atoms. The van der Waals surface area contributed by atoms with Crippen LogP contribution in [0.5, 0.6) is 5.75 Å². The zero-order valence-electron chi connectivity index (χ0n) is 17.6. The van der Waals surface area contributed by atoms with E-state index in [1.807, 2.05) is 29.2 Å². The highest BCUT2D eigenvalue weighted by molar-refractivity contribution is 5.79. The van der Waals surface area contributed by atoms with Crippen molar-refractivity contribution >= 4 is 11.7 Å². The number of piperidine rings is 1. The number of anilines is 1. The average Bonchev–Trinajstić information content (AvgIpc) is 2.75. The predicted octanol–water partition coefficient (Wildman–Crippen LogP) is 3.12. The number of fused-ring (bicyclic) bond motifs is 1. The van der Waals surface area contributed by atoms with E-state index in [-0.39, 0.29) is 11.8 Å².